The van der Waals surface area contributed by atoms with Gasteiger partial charge in [-0.2, -0.15) is 0 Å². The minimum atomic E-state index is -0.312. The first-order chi connectivity index (χ1) is 12.0. The lowest BCUT2D eigenvalue weighted by atomic mass is 10.1. The van der Waals surface area contributed by atoms with Crippen LogP contribution in [0, 0.1) is 0 Å². The minimum absolute atomic E-state index is 0.300. The van der Waals surface area contributed by atoms with Gasteiger partial charge in [-0.05, 0) is 30.7 Å². The third-order valence-corrected chi connectivity index (χ3v) is 3.87. The molecule has 2 aromatic rings. The predicted octanol–water partition coefficient (Wildman–Crippen LogP) is 3.27. The Balaban J connectivity index is 2.15. The van der Waals surface area contributed by atoms with Crippen molar-refractivity contribution in [3.63, 3.8) is 0 Å². The summed E-state index contributed by atoms with van der Waals surface area (Å²) in [6, 6.07) is 8.50. The van der Waals surface area contributed by atoms with Crippen molar-refractivity contribution in [2.75, 3.05) is 26.6 Å². The van der Waals surface area contributed by atoms with Gasteiger partial charge in [-0.25, -0.2) is 0 Å². The first-order valence-corrected chi connectivity index (χ1v) is 8.08. The molecule has 0 saturated heterocycles. The molecule has 0 radical (unpaired) electrons. The highest BCUT2D eigenvalue weighted by Crippen LogP contribution is 2.30. The van der Waals surface area contributed by atoms with Crippen molar-refractivity contribution in [1.29, 1.82) is 0 Å². The fraction of sp³-hybridized carbons (Fsp3) is 0.278. The van der Waals surface area contributed by atoms with Crippen LogP contribution in [0.25, 0.3) is 0 Å². The summed E-state index contributed by atoms with van der Waals surface area (Å²) in [7, 11) is 3.05. The molecule has 0 saturated carbocycles. The summed E-state index contributed by atoms with van der Waals surface area (Å²) in [6.07, 6.45) is 0. The van der Waals surface area contributed by atoms with E-state index in [4.69, 9.17) is 31.5 Å². The molecule has 0 spiro atoms. The number of nitrogens with one attached hydrogen (secondary N) is 1. The van der Waals surface area contributed by atoms with Crippen molar-refractivity contribution >= 4 is 23.2 Å². The number of nitrogen functional groups attached to an aromatic ring is 1. The molecule has 0 bridgehead atoms. The highest BCUT2D eigenvalue weighted by atomic mass is 35.5. The Morgan fingerprint density at radius 1 is 1.12 bits per heavy atom. The molecular weight excluding hydrogens is 344 g/mol. The van der Waals surface area contributed by atoms with Crippen LogP contribution >= 0.6 is 11.6 Å². The molecule has 0 heterocycles. The average Bonchev–Trinajstić information content (AvgIpc) is 2.62. The Morgan fingerprint density at radius 3 is 2.48 bits per heavy atom. The molecule has 25 heavy (non-hydrogen) atoms. The van der Waals surface area contributed by atoms with Gasteiger partial charge in [0.05, 0.1) is 37.1 Å². The molecule has 0 atom stereocenters. The van der Waals surface area contributed by atoms with E-state index in [1.807, 2.05) is 19.1 Å². The van der Waals surface area contributed by atoms with E-state index < -0.39 is 0 Å². The summed E-state index contributed by atoms with van der Waals surface area (Å²) in [5.74, 6) is 1.32. The van der Waals surface area contributed by atoms with Crippen molar-refractivity contribution < 1.29 is 19.0 Å². The van der Waals surface area contributed by atoms with Gasteiger partial charge in [0.25, 0.3) is 5.91 Å². The van der Waals surface area contributed by atoms with Gasteiger partial charge in [0.2, 0.25) is 0 Å². The van der Waals surface area contributed by atoms with Crippen LogP contribution in [0.5, 0.6) is 17.2 Å². The number of carbonyl (C=O) groups is 1. The summed E-state index contributed by atoms with van der Waals surface area (Å²) in [4.78, 5) is 12.4. The third-order valence-electron chi connectivity index (χ3n) is 3.54. The zero-order chi connectivity index (χ0) is 18.4. The molecule has 2 rings (SSSR count). The van der Waals surface area contributed by atoms with Crippen LogP contribution in [0.3, 0.4) is 0 Å². The number of methoxy groups -OCH3 is 2. The second-order valence-electron chi connectivity index (χ2n) is 5.17. The van der Waals surface area contributed by atoms with Crippen molar-refractivity contribution in [2.24, 2.45) is 0 Å². The van der Waals surface area contributed by atoms with Gasteiger partial charge in [0.15, 0.2) is 11.5 Å². The molecule has 0 fully saturated rings. The maximum atomic E-state index is 12.4. The minimum Gasteiger partial charge on any atom is -0.496 e. The molecule has 0 aliphatic carbocycles. The van der Waals surface area contributed by atoms with Crippen molar-refractivity contribution in [2.45, 2.75) is 13.5 Å². The summed E-state index contributed by atoms with van der Waals surface area (Å²) in [5, 5.41) is 3.13. The van der Waals surface area contributed by atoms with Gasteiger partial charge >= 0.3 is 0 Å². The van der Waals surface area contributed by atoms with Crippen LogP contribution < -0.4 is 25.3 Å². The predicted molar refractivity (Wildman–Crippen MR) is 97.7 cm³/mol. The first kappa shape index (κ1) is 18.7. The summed E-state index contributed by atoms with van der Waals surface area (Å²) in [5.41, 5.74) is 7.28. The second-order valence-corrected chi connectivity index (χ2v) is 5.58. The average molecular weight is 365 g/mol. The smallest absolute Gasteiger partial charge is 0.255 e. The molecule has 0 unspecified atom stereocenters. The van der Waals surface area contributed by atoms with E-state index in [0.29, 0.717) is 46.7 Å². The van der Waals surface area contributed by atoms with Crippen molar-refractivity contribution in [3.8, 4) is 17.2 Å². The van der Waals surface area contributed by atoms with E-state index in [9.17, 15) is 4.79 Å². The molecule has 3 N–H and O–H groups in total. The Bertz CT molecular complexity index is 765. The fourth-order valence-corrected chi connectivity index (χ4v) is 2.46. The van der Waals surface area contributed by atoms with Gasteiger partial charge in [-0.15, -0.1) is 0 Å². The molecule has 1 amide bonds. The fourth-order valence-electron chi connectivity index (χ4n) is 2.29. The van der Waals surface area contributed by atoms with Crippen molar-refractivity contribution in [1.82, 2.24) is 5.32 Å². The summed E-state index contributed by atoms with van der Waals surface area (Å²) in [6.45, 7) is 2.73. The lowest BCUT2D eigenvalue weighted by molar-refractivity contribution is 0.0948. The quantitative estimate of drug-likeness (QED) is 0.737. The zero-order valence-electron chi connectivity index (χ0n) is 14.4. The standard InChI is InChI=1S/C18H21ClN2O4/c1-4-25-17-7-11(5-6-15(17)23-2)10-21-18(22)12-8-13(19)14(20)9-16(12)24-3/h5-9H,4,10,20H2,1-3H3,(H,21,22). The Kier molecular flexibility index (Phi) is 6.36. The topological polar surface area (TPSA) is 82.8 Å². The normalized spacial score (nSPS) is 10.2. The number of hydrogen-bond acceptors (Lipinski definition) is 5. The number of amides is 1. The maximum Gasteiger partial charge on any atom is 0.255 e. The summed E-state index contributed by atoms with van der Waals surface area (Å²) < 4.78 is 16.0. The highest BCUT2D eigenvalue weighted by Gasteiger charge is 2.15. The molecule has 134 valence electrons. The number of anilines is 1. The lowest BCUT2D eigenvalue weighted by Gasteiger charge is -2.13. The molecule has 0 aromatic heterocycles. The summed E-state index contributed by atoms with van der Waals surface area (Å²) >= 11 is 6.00. The van der Waals surface area contributed by atoms with Crippen molar-refractivity contribution in [3.05, 3.63) is 46.5 Å². The van der Waals surface area contributed by atoms with Gasteiger partial charge < -0.3 is 25.3 Å². The van der Waals surface area contributed by atoms with Gasteiger partial charge in [-0.1, -0.05) is 17.7 Å². The van der Waals surface area contributed by atoms with E-state index in [-0.39, 0.29) is 5.91 Å². The number of halogens is 1. The first-order valence-electron chi connectivity index (χ1n) is 7.71. The van der Waals surface area contributed by atoms with Gasteiger partial charge in [0.1, 0.15) is 5.75 Å². The number of benzene rings is 2. The van der Waals surface area contributed by atoms with Crippen LogP contribution in [0.4, 0.5) is 5.69 Å². The monoisotopic (exact) mass is 364 g/mol. The number of carbonyl (C=O) groups excluding carboxylic acids is 1. The Labute approximate surface area is 151 Å². The molecule has 0 aliphatic heterocycles. The molecule has 2 aromatic carbocycles. The second kappa shape index (κ2) is 8.48. The van der Waals surface area contributed by atoms with Gasteiger partial charge in [-0.3, -0.25) is 4.79 Å². The number of ether oxygens (including phenoxy) is 3. The molecule has 6 nitrogen and oxygen atoms in total. The molecule has 7 heteroatoms. The lowest BCUT2D eigenvalue weighted by Crippen LogP contribution is -2.23. The third kappa shape index (κ3) is 4.48. The highest BCUT2D eigenvalue weighted by molar-refractivity contribution is 6.33. The van der Waals surface area contributed by atoms with Gasteiger partial charge in [0, 0.05) is 12.6 Å². The van der Waals surface area contributed by atoms with Crippen LogP contribution in [-0.4, -0.2) is 26.7 Å². The Morgan fingerprint density at radius 2 is 1.84 bits per heavy atom. The van der Waals surface area contributed by atoms with E-state index in [0.717, 1.165) is 5.56 Å². The Hall–Kier alpha value is -2.60. The van der Waals surface area contributed by atoms with Crippen LogP contribution in [-0.2, 0) is 6.54 Å². The SMILES string of the molecule is CCOc1cc(CNC(=O)c2cc(Cl)c(N)cc2OC)ccc1OC. The van der Waals surface area contributed by atoms with E-state index in [1.54, 1.807) is 13.2 Å². The van der Waals surface area contributed by atoms with E-state index in [2.05, 4.69) is 5.32 Å². The molecule has 0 aliphatic rings. The number of nitrogens with two attached hydrogens (primary N) is 1. The van der Waals surface area contributed by atoms with Crippen LogP contribution in [0.1, 0.15) is 22.8 Å². The maximum absolute atomic E-state index is 12.4. The largest absolute Gasteiger partial charge is 0.496 e. The molecular formula is C18H21ClN2O4. The van der Waals surface area contributed by atoms with E-state index in [1.165, 1.54) is 19.2 Å². The number of hydrogen-bond donors (Lipinski definition) is 2. The van der Waals surface area contributed by atoms with E-state index >= 15 is 0 Å². The van der Waals surface area contributed by atoms with Crippen LogP contribution in [0.2, 0.25) is 5.02 Å². The number of rotatable bonds is 7. The zero-order valence-corrected chi connectivity index (χ0v) is 15.1. The van der Waals surface area contributed by atoms with Crippen LogP contribution in [0.15, 0.2) is 30.3 Å².